The van der Waals surface area contributed by atoms with E-state index in [1.165, 1.54) is 11.1 Å². The zero-order valence-corrected chi connectivity index (χ0v) is 14.4. The molecule has 114 valence electrons. The van der Waals surface area contributed by atoms with Crippen LogP contribution in [-0.4, -0.2) is 6.21 Å². The SMILES string of the molecule is CCC1(C)/C=C2/N=CC(C)(C)C=C/C2=C/C=C(C(C)C)C1. The van der Waals surface area contributed by atoms with Gasteiger partial charge in [-0.25, -0.2) is 0 Å². The number of nitrogens with zero attached hydrogens (tertiary/aromatic N) is 1. The second kappa shape index (κ2) is 5.79. The monoisotopic (exact) mass is 283 g/mol. The van der Waals surface area contributed by atoms with Gasteiger partial charge in [0.25, 0.3) is 0 Å². The van der Waals surface area contributed by atoms with Gasteiger partial charge in [-0.2, -0.15) is 0 Å². The molecule has 0 aromatic rings. The fourth-order valence-corrected chi connectivity index (χ4v) is 2.73. The van der Waals surface area contributed by atoms with Crippen molar-refractivity contribution in [3.05, 3.63) is 47.2 Å². The fraction of sp³-hybridized carbons (Fsp3) is 0.550. The normalized spacial score (nSPS) is 33.0. The van der Waals surface area contributed by atoms with E-state index in [9.17, 15) is 0 Å². The Kier molecular flexibility index (Phi) is 4.41. The lowest BCUT2D eigenvalue weighted by Crippen LogP contribution is -2.17. The van der Waals surface area contributed by atoms with E-state index in [2.05, 4.69) is 78.1 Å². The Morgan fingerprint density at radius 1 is 1.19 bits per heavy atom. The van der Waals surface area contributed by atoms with Gasteiger partial charge in [0.05, 0.1) is 5.70 Å². The number of hydrogen-bond donors (Lipinski definition) is 0. The molecule has 0 spiro atoms. The van der Waals surface area contributed by atoms with Crippen LogP contribution in [0.25, 0.3) is 0 Å². The fourth-order valence-electron chi connectivity index (χ4n) is 2.73. The topological polar surface area (TPSA) is 12.4 Å². The lowest BCUT2D eigenvalue weighted by molar-refractivity contribution is 0.390. The molecule has 0 N–H and O–H groups in total. The first-order valence-corrected chi connectivity index (χ1v) is 8.13. The standard InChI is InChI=1S/C20H29N/c1-7-20(6)12-17(15(2)3)9-8-16-10-11-19(4,5)14-21-18(16)13-20/h8-11,13-15H,7,12H2,1-6H3/b16-8-,17-9?,18-13+. The van der Waals surface area contributed by atoms with E-state index < -0.39 is 0 Å². The van der Waals surface area contributed by atoms with Gasteiger partial charge in [0, 0.05) is 11.6 Å². The van der Waals surface area contributed by atoms with Gasteiger partial charge < -0.3 is 0 Å². The second-order valence-electron chi connectivity index (χ2n) is 7.65. The molecule has 1 atom stereocenters. The number of aliphatic imine (C=N–C) groups is 1. The van der Waals surface area contributed by atoms with Gasteiger partial charge in [0.1, 0.15) is 0 Å². The van der Waals surface area contributed by atoms with Gasteiger partial charge in [0.15, 0.2) is 0 Å². The molecule has 1 aliphatic carbocycles. The maximum atomic E-state index is 4.79. The van der Waals surface area contributed by atoms with Crippen LogP contribution in [0.15, 0.2) is 52.2 Å². The average Bonchev–Trinajstić information content (AvgIpc) is 2.52. The minimum absolute atomic E-state index is 0.0238. The molecule has 21 heavy (non-hydrogen) atoms. The van der Waals surface area contributed by atoms with E-state index in [1.807, 2.05) is 0 Å². The number of hydrogen-bond acceptors (Lipinski definition) is 1. The second-order valence-corrected chi connectivity index (χ2v) is 7.65. The largest absolute Gasteiger partial charge is 0.260 e. The van der Waals surface area contributed by atoms with Crippen molar-refractivity contribution in [1.82, 2.24) is 0 Å². The van der Waals surface area contributed by atoms with Gasteiger partial charge in [-0.3, -0.25) is 4.99 Å². The lowest BCUT2D eigenvalue weighted by atomic mass is 9.76. The van der Waals surface area contributed by atoms with E-state index in [-0.39, 0.29) is 10.8 Å². The van der Waals surface area contributed by atoms with Crippen LogP contribution in [-0.2, 0) is 0 Å². The highest BCUT2D eigenvalue weighted by molar-refractivity contribution is 5.72. The van der Waals surface area contributed by atoms with E-state index in [0.717, 1.165) is 18.5 Å². The molecule has 0 bridgehead atoms. The summed E-state index contributed by atoms with van der Waals surface area (Å²) in [6.07, 6.45) is 15.8. The third kappa shape index (κ3) is 3.84. The molecule has 0 fully saturated rings. The van der Waals surface area contributed by atoms with Crippen LogP contribution in [0.3, 0.4) is 0 Å². The Morgan fingerprint density at radius 3 is 2.52 bits per heavy atom. The summed E-state index contributed by atoms with van der Waals surface area (Å²) in [7, 11) is 0. The molecule has 1 unspecified atom stereocenters. The van der Waals surface area contributed by atoms with Gasteiger partial charge in [0.2, 0.25) is 0 Å². The van der Waals surface area contributed by atoms with Crippen LogP contribution in [0.5, 0.6) is 0 Å². The lowest BCUT2D eigenvalue weighted by Gasteiger charge is -2.29. The highest BCUT2D eigenvalue weighted by Gasteiger charge is 2.26. The first-order chi connectivity index (χ1) is 9.75. The highest BCUT2D eigenvalue weighted by atomic mass is 14.8. The average molecular weight is 283 g/mol. The molecule has 0 radical (unpaired) electrons. The van der Waals surface area contributed by atoms with Crippen LogP contribution < -0.4 is 0 Å². The van der Waals surface area contributed by atoms with E-state index in [4.69, 9.17) is 4.99 Å². The molecule has 1 heteroatoms. The summed E-state index contributed by atoms with van der Waals surface area (Å²) in [5.74, 6) is 0.595. The van der Waals surface area contributed by atoms with Crippen LogP contribution in [0.1, 0.15) is 54.4 Å². The van der Waals surface area contributed by atoms with Crippen molar-refractivity contribution in [2.45, 2.75) is 54.4 Å². The predicted molar refractivity (Wildman–Crippen MR) is 93.5 cm³/mol. The summed E-state index contributed by atoms with van der Waals surface area (Å²) in [5, 5.41) is 0. The molecule has 0 aromatic carbocycles. The quantitative estimate of drug-likeness (QED) is 0.601. The van der Waals surface area contributed by atoms with Crippen LogP contribution >= 0.6 is 0 Å². The van der Waals surface area contributed by atoms with Crippen LogP contribution in [0, 0.1) is 16.7 Å². The summed E-state index contributed by atoms with van der Waals surface area (Å²) in [4.78, 5) is 4.79. The molecule has 0 saturated heterocycles. The number of rotatable bonds is 2. The summed E-state index contributed by atoms with van der Waals surface area (Å²) in [5.41, 5.74) is 4.10. The minimum atomic E-state index is 0.0238. The molecular formula is C20H29N. The maximum Gasteiger partial charge on any atom is 0.0664 e. The number of allylic oxidation sites excluding steroid dienone is 6. The molecule has 1 nitrogen and oxygen atoms in total. The van der Waals surface area contributed by atoms with Crippen molar-refractivity contribution >= 4 is 6.21 Å². The van der Waals surface area contributed by atoms with Crippen molar-refractivity contribution in [3.8, 4) is 0 Å². The predicted octanol–water partition coefficient (Wildman–Crippen LogP) is 5.87. The van der Waals surface area contributed by atoms with Crippen molar-refractivity contribution in [2.75, 3.05) is 0 Å². The van der Waals surface area contributed by atoms with Gasteiger partial charge in [-0.15, -0.1) is 0 Å². The molecule has 1 heterocycles. The van der Waals surface area contributed by atoms with E-state index in [1.54, 1.807) is 0 Å². The Bertz CT molecular complexity index is 552. The summed E-state index contributed by atoms with van der Waals surface area (Å²) < 4.78 is 0. The summed E-state index contributed by atoms with van der Waals surface area (Å²) in [6.45, 7) is 13.6. The molecule has 0 saturated carbocycles. The van der Waals surface area contributed by atoms with Crippen molar-refractivity contribution in [1.29, 1.82) is 0 Å². The highest BCUT2D eigenvalue weighted by Crippen LogP contribution is 2.38. The molecule has 2 aliphatic rings. The van der Waals surface area contributed by atoms with Crippen LogP contribution in [0.4, 0.5) is 0 Å². The summed E-state index contributed by atoms with van der Waals surface area (Å²) in [6, 6.07) is 0. The van der Waals surface area contributed by atoms with Crippen molar-refractivity contribution < 1.29 is 0 Å². The third-order valence-electron chi connectivity index (χ3n) is 4.64. The smallest absolute Gasteiger partial charge is 0.0664 e. The Balaban J connectivity index is 2.56. The molecule has 0 amide bonds. The summed E-state index contributed by atoms with van der Waals surface area (Å²) >= 11 is 0. The Labute approximate surface area is 130 Å². The van der Waals surface area contributed by atoms with Crippen LogP contribution in [0.2, 0.25) is 0 Å². The molecule has 0 aromatic heterocycles. The first kappa shape index (κ1) is 16.0. The zero-order valence-electron chi connectivity index (χ0n) is 14.4. The van der Waals surface area contributed by atoms with E-state index >= 15 is 0 Å². The van der Waals surface area contributed by atoms with Crippen molar-refractivity contribution in [2.24, 2.45) is 21.7 Å². The van der Waals surface area contributed by atoms with Gasteiger partial charge in [-0.1, -0.05) is 77.5 Å². The molecule has 2 rings (SSSR count). The Hall–Kier alpha value is -1.37. The van der Waals surface area contributed by atoms with Gasteiger partial charge >= 0.3 is 0 Å². The molecule has 1 aliphatic heterocycles. The zero-order chi connectivity index (χ0) is 15.7. The minimum Gasteiger partial charge on any atom is -0.260 e. The van der Waals surface area contributed by atoms with Crippen molar-refractivity contribution in [3.63, 3.8) is 0 Å². The van der Waals surface area contributed by atoms with Gasteiger partial charge in [-0.05, 0) is 29.7 Å². The third-order valence-corrected chi connectivity index (χ3v) is 4.64. The number of fused-ring (bicyclic) bond motifs is 1. The van der Waals surface area contributed by atoms with E-state index in [0.29, 0.717) is 5.92 Å². The Morgan fingerprint density at radius 2 is 1.90 bits per heavy atom. The first-order valence-electron chi connectivity index (χ1n) is 8.13. The maximum absolute atomic E-state index is 4.79. The molecular weight excluding hydrogens is 254 g/mol.